The van der Waals surface area contributed by atoms with Crippen LogP contribution in [0.4, 0.5) is 0 Å². The zero-order chi connectivity index (χ0) is 17.9. The number of hydrogen-bond donors (Lipinski definition) is 1. The van der Waals surface area contributed by atoms with E-state index >= 15 is 0 Å². The summed E-state index contributed by atoms with van der Waals surface area (Å²) < 4.78 is 3.52. The molecule has 1 heterocycles. The Hall–Kier alpha value is -1.14. The van der Waals surface area contributed by atoms with Crippen LogP contribution in [0.2, 0.25) is 0 Å². The number of halogens is 1. The van der Waals surface area contributed by atoms with Crippen LogP contribution >= 0.6 is 27.3 Å². The van der Waals surface area contributed by atoms with E-state index < -0.39 is 0 Å². The summed E-state index contributed by atoms with van der Waals surface area (Å²) in [5, 5.41) is 4.43. The largest absolute Gasteiger partial charge is 0.318 e. The third kappa shape index (κ3) is 2.85. The summed E-state index contributed by atoms with van der Waals surface area (Å²) in [6, 6.07) is 8.23. The number of alkyl halides is 1. The van der Waals surface area contributed by atoms with E-state index in [4.69, 9.17) is 0 Å². The summed E-state index contributed by atoms with van der Waals surface area (Å²) in [6.07, 6.45) is 8.19. The van der Waals surface area contributed by atoms with Gasteiger partial charge in [-0.25, -0.2) is 5.43 Å². The smallest absolute Gasteiger partial charge is 0.240 e. The highest BCUT2D eigenvalue weighted by molar-refractivity contribution is 9.10. The molecule has 4 bridgehead atoms. The molecule has 2 unspecified atom stereocenters. The predicted octanol–water partition coefficient (Wildman–Crippen LogP) is 4.30. The average Bonchev–Trinajstić information content (AvgIpc) is 2.87. The number of amides is 1. The van der Waals surface area contributed by atoms with Crippen molar-refractivity contribution in [3.63, 3.8) is 0 Å². The SMILES string of the molecule is Cn1c(=NNC(=O)CC23CC4CC(CC(Br)(C4)C2)C3)sc2ccccc21. The number of fused-ring (bicyclic) bond motifs is 1. The number of benzene rings is 1. The van der Waals surface area contributed by atoms with E-state index in [1.54, 1.807) is 11.3 Å². The van der Waals surface area contributed by atoms with Crippen molar-refractivity contribution in [1.29, 1.82) is 0 Å². The molecule has 1 aromatic heterocycles. The lowest BCUT2D eigenvalue weighted by Crippen LogP contribution is -2.53. The second-order valence-electron chi connectivity index (χ2n) is 8.85. The number of hydrogen-bond acceptors (Lipinski definition) is 3. The van der Waals surface area contributed by atoms with Crippen molar-refractivity contribution in [3.05, 3.63) is 29.1 Å². The van der Waals surface area contributed by atoms with Crippen LogP contribution in [0.3, 0.4) is 0 Å². The second kappa shape index (κ2) is 5.93. The third-order valence-electron chi connectivity index (χ3n) is 6.64. The van der Waals surface area contributed by atoms with E-state index in [9.17, 15) is 4.79 Å². The maximum absolute atomic E-state index is 12.7. The highest BCUT2D eigenvalue weighted by Crippen LogP contribution is 2.65. The highest BCUT2D eigenvalue weighted by atomic mass is 79.9. The molecule has 1 aromatic carbocycles. The van der Waals surface area contributed by atoms with Gasteiger partial charge in [-0.2, -0.15) is 0 Å². The van der Waals surface area contributed by atoms with Gasteiger partial charge in [0.25, 0.3) is 0 Å². The van der Waals surface area contributed by atoms with Crippen LogP contribution in [0, 0.1) is 17.3 Å². The lowest BCUT2D eigenvalue weighted by atomic mass is 9.48. The molecule has 0 spiro atoms. The van der Waals surface area contributed by atoms with Gasteiger partial charge < -0.3 is 4.57 Å². The van der Waals surface area contributed by atoms with E-state index in [1.807, 2.05) is 23.7 Å². The number of nitrogens with zero attached hydrogens (tertiary/aromatic N) is 2. The summed E-state index contributed by atoms with van der Waals surface area (Å²) in [5.41, 5.74) is 4.18. The van der Waals surface area contributed by atoms with Gasteiger partial charge in [0, 0.05) is 17.8 Å². The molecule has 4 fully saturated rings. The monoisotopic (exact) mass is 433 g/mol. The quantitative estimate of drug-likeness (QED) is 0.569. The fourth-order valence-corrected chi connectivity index (χ4v) is 8.71. The van der Waals surface area contributed by atoms with E-state index in [2.05, 4.69) is 38.6 Å². The Balaban J connectivity index is 1.34. The molecular formula is C20H24BrN3OS. The summed E-state index contributed by atoms with van der Waals surface area (Å²) in [7, 11) is 2.00. The number of thiazole rings is 1. The molecule has 138 valence electrons. The summed E-state index contributed by atoms with van der Waals surface area (Å²) in [6.45, 7) is 0. The molecule has 6 rings (SSSR count). The number of carbonyl (C=O) groups is 1. The van der Waals surface area contributed by atoms with Gasteiger partial charge in [-0.05, 0) is 67.9 Å². The normalized spacial score (nSPS) is 36.0. The summed E-state index contributed by atoms with van der Waals surface area (Å²) >= 11 is 5.64. The Morgan fingerprint density at radius 3 is 2.73 bits per heavy atom. The lowest BCUT2D eigenvalue weighted by Gasteiger charge is -2.60. The summed E-state index contributed by atoms with van der Waals surface area (Å²) in [4.78, 5) is 13.5. The first-order valence-electron chi connectivity index (χ1n) is 9.50. The van der Waals surface area contributed by atoms with Gasteiger partial charge in [0.15, 0.2) is 0 Å². The van der Waals surface area contributed by atoms with Crippen LogP contribution in [-0.4, -0.2) is 14.8 Å². The summed E-state index contributed by atoms with van der Waals surface area (Å²) in [5.74, 6) is 1.68. The standard InChI is InChI=1S/C20H24BrN3OS/c1-24-15-4-2-3-5-16(15)26-18(24)23-22-17(25)11-19-7-13-6-14(8-19)10-20(21,9-13)12-19/h2-5,13-14H,6-12H2,1H3,(H,22,25). The highest BCUT2D eigenvalue weighted by Gasteiger charge is 2.57. The molecule has 0 aliphatic heterocycles. The molecule has 4 saturated carbocycles. The third-order valence-corrected chi connectivity index (χ3v) is 8.68. The van der Waals surface area contributed by atoms with Crippen LogP contribution < -0.4 is 10.2 Å². The molecule has 0 saturated heterocycles. The Morgan fingerprint density at radius 1 is 1.31 bits per heavy atom. The van der Waals surface area contributed by atoms with Gasteiger partial charge >= 0.3 is 0 Å². The molecule has 4 aliphatic rings. The molecule has 4 aliphatic carbocycles. The molecule has 1 N–H and O–H groups in total. The van der Waals surface area contributed by atoms with E-state index in [1.165, 1.54) is 36.8 Å². The fraction of sp³-hybridized carbons (Fsp3) is 0.600. The Kier molecular flexibility index (Phi) is 3.87. The van der Waals surface area contributed by atoms with Gasteiger partial charge in [0.1, 0.15) is 0 Å². The molecular weight excluding hydrogens is 410 g/mol. The minimum absolute atomic E-state index is 0.0699. The first-order chi connectivity index (χ1) is 12.4. The van der Waals surface area contributed by atoms with Crippen molar-refractivity contribution in [2.24, 2.45) is 29.4 Å². The van der Waals surface area contributed by atoms with Crippen LogP contribution in [0.25, 0.3) is 10.2 Å². The van der Waals surface area contributed by atoms with Crippen LogP contribution in [-0.2, 0) is 11.8 Å². The van der Waals surface area contributed by atoms with Gasteiger partial charge in [-0.1, -0.05) is 39.4 Å². The molecule has 6 heteroatoms. The van der Waals surface area contributed by atoms with Crippen molar-refractivity contribution in [2.75, 3.05) is 0 Å². The molecule has 26 heavy (non-hydrogen) atoms. The number of para-hydroxylation sites is 1. The molecule has 1 amide bonds. The van der Waals surface area contributed by atoms with Crippen LogP contribution in [0.5, 0.6) is 0 Å². The number of aromatic nitrogens is 1. The van der Waals surface area contributed by atoms with Crippen LogP contribution in [0.15, 0.2) is 29.4 Å². The fourth-order valence-electron chi connectivity index (χ4n) is 6.22. The van der Waals surface area contributed by atoms with Crippen molar-refractivity contribution in [2.45, 2.75) is 49.3 Å². The molecule has 0 radical (unpaired) electrons. The van der Waals surface area contributed by atoms with E-state index in [0.29, 0.717) is 10.7 Å². The molecule has 4 nitrogen and oxygen atoms in total. The van der Waals surface area contributed by atoms with Gasteiger partial charge in [-0.3, -0.25) is 4.79 Å². The number of rotatable bonds is 3. The predicted molar refractivity (Wildman–Crippen MR) is 108 cm³/mol. The minimum atomic E-state index is 0.0699. The zero-order valence-corrected chi connectivity index (χ0v) is 17.4. The Morgan fingerprint density at radius 2 is 2.04 bits per heavy atom. The topological polar surface area (TPSA) is 46.4 Å². The number of carbonyl (C=O) groups excluding carboxylic acids is 1. The van der Waals surface area contributed by atoms with Crippen molar-refractivity contribution in [1.82, 2.24) is 9.99 Å². The maximum atomic E-state index is 12.7. The minimum Gasteiger partial charge on any atom is -0.318 e. The molecule has 2 aromatic rings. The van der Waals surface area contributed by atoms with Gasteiger partial charge in [-0.15, -0.1) is 5.10 Å². The van der Waals surface area contributed by atoms with Crippen molar-refractivity contribution in [3.8, 4) is 0 Å². The van der Waals surface area contributed by atoms with Crippen LogP contribution in [0.1, 0.15) is 44.9 Å². The first kappa shape index (κ1) is 17.0. The Bertz CT molecular complexity index is 932. The average molecular weight is 434 g/mol. The van der Waals surface area contributed by atoms with E-state index in [-0.39, 0.29) is 11.3 Å². The number of aryl methyl sites for hydroxylation is 1. The number of nitrogens with one attached hydrogen (secondary N) is 1. The second-order valence-corrected chi connectivity index (χ2v) is 11.5. The van der Waals surface area contributed by atoms with Gasteiger partial charge in [0.2, 0.25) is 10.7 Å². The first-order valence-corrected chi connectivity index (χ1v) is 11.1. The van der Waals surface area contributed by atoms with Gasteiger partial charge in [0.05, 0.1) is 10.2 Å². The Labute approximate surface area is 165 Å². The lowest BCUT2D eigenvalue weighted by molar-refractivity contribution is -0.128. The zero-order valence-electron chi connectivity index (χ0n) is 15.0. The van der Waals surface area contributed by atoms with E-state index in [0.717, 1.165) is 28.6 Å². The van der Waals surface area contributed by atoms with Crippen molar-refractivity contribution < 1.29 is 4.79 Å². The van der Waals surface area contributed by atoms with Crippen molar-refractivity contribution >= 4 is 43.4 Å². The maximum Gasteiger partial charge on any atom is 0.240 e. The molecule has 2 atom stereocenters.